The maximum absolute atomic E-state index is 12.3. The highest BCUT2D eigenvalue weighted by Crippen LogP contribution is 2.25. The molecule has 8 heteroatoms. The van der Waals surface area contributed by atoms with E-state index >= 15 is 0 Å². The van der Waals surface area contributed by atoms with E-state index in [1.807, 2.05) is 0 Å². The van der Waals surface area contributed by atoms with Crippen LogP contribution in [0.5, 0.6) is 5.75 Å². The number of rotatable bonds is 11. The Morgan fingerprint density at radius 1 is 0.569 bits per heavy atom. The summed E-state index contributed by atoms with van der Waals surface area (Å²) in [6.07, 6.45) is 9.60. The zero-order valence-corrected chi connectivity index (χ0v) is 28.4. The van der Waals surface area contributed by atoms with Gasteiger partial charge in [-0.3, -0.25) is 0 Å². The van der Waals surface area contributed by atoms with Gasteiger partial charge in [0.05, 0.1) is 24.3 Å². The van der Waals surface area contributed by atoms with Gasteiger partial charge in [0, 0.05) is 39.5 Å². The first kappa shape index (κ1) is 38.3. The fourth-order valence-electron chi connectivity index (χ4n) is 3.63. The first-order valence-corrected chi connectivity index (χ1v) is 15.2. The molecule has 0 radical (unpaired) electrons. The Morgan fingerprint density at radius 2 is 0.980 bits per heavy atom. The van der Waals surface area contributed by atoms with Crippen molar-refractivity contribution in [2.45, 2.75) is 20.8 Å². The summed E-state index contributed by atoms with van der Waals surface area (Å²) in [6, 6.07) is 17.5. The molecular weight excluding hydrogens is 644 g/mol. The molecule has 0 heterocycles. The first-order valence-electron chi connectivity index (χ1n) is 15.2. The second-order valence-corrected chi connectivity index (χ2v) is 10.8. The molecule has 0 aliphatic rings. The molecular formula is C43H34O8. The van der Waals surface area contributed by atoms with E-state index in [1.165, 1.54) is 31.8 Å². The summed E-state index contributed by atoms with van der Waals surface area (Å²) in [5.74, 6) is 10.0. The van der Waals surface area contributed by atoms with E-state index in [2.05, 4.69) is 50.0 Å². The fraction of sp³-hybridized carbons (Fsp3) is 0.0698. The van der Waals surface area contributed by atoms with E-state index in [0.29, 0.717) is 27.8 Å². The van der Waals surface area contributed by atoms with Crippen LogP contribution in [0.3, 0.4) is 0 Å². The van der Waals surface area contributed by atoms with Gasteiger partial charge in [-0.2, -0.15) is 0 Å². The standard InChI is InChI=1S/C43H34O8/c1-8-40(44)51-39-28-36(19-17-32-9-13-34(14-10-32)21-24-48-41(45)29(2)3)37(23-26-50-43(47)31(6)7)27-38(39)20-18-33-11-15-35(16-12-33)22-25-49-42(46)30(4)5/h8-16,21-28H,1-2,4,6H2,3,5,7H3/b24-21+,25-22+,26-23+. The smallest absolute Gasteiger partial charge is 0.337 e. The maximum Gasteiger partial charge on any atom is 0.337 e. The third kappa shape index (κ3) is 12.8. The van der Waals surface area contributed by atoms with Gasteiger partial charge in [0.25, 0.3) is 0 Å². The quantitative estimate of drug-likeness (QED) is 0.0505. The van der Waals surface area contributed by atoms with Crippen molar-refractivity contribution >= 4 is 42.1 Å². The van der Waals surface area contributed by atoms with Crippen LogP contribution in [0.1, 0.15) is 59.7 Å². The van der Waals surface area contributed by atoms with Crippen LogP contribution in [0.4, 0.5) is 0 Å². The van der Waals surface area contributed by atoms with Crippen LogP contribution in [0, 0.1) is 23.7 Å². The minimum atomic E-state index is -0.697. The number of hydrogen-bond donors (Lipinski definition) is 0. The lowest BCUT2D eigenvalue weighted by Gasteiger charge is -2.09. The molecule has 254 valence electrons. The minimum absolute atomic E-state index is 0.136. The van der Waals surface area contributed by atoms with Gasteiger partial charge in [-0.15, -0.1) is 0 Å². The molecule has 3 aromatic carbocycles. The summed E-state index contributed by atoms with van der Waals surface area (Å²) in [5, 5.41) is 0. The molecule has 0 atom stereocenters. The van der Waals surface area contributed by atoms with Gasteiger partial charge in [0.15, 0.2) is 0 Å². The molecule has 0 saturated carbocycles. The molecule has 0 aliphatic heterocycles. The molecule has 0 fully saturated rings. The minimum Gasteiger partial charge on any atom is -0.431 e. The molecule has 0 unspecified atom stereocenters. The van der Waals surface area contributed by atoms with Crippen LogP contribution in [0.25, 0.3) is 18.2 Å². The highest BCUT2D eigenvalue weighted by molar-refractivity contribution is 5.89. The van der Waals surface area contributed by atoms with Crippen molar-refractivity contribution < 1.29 is 38.1 Å². The van der Waals surface area contributed by atoms with Gasteiger partial charge in [-0.05, 0) is 92.1 Å². The van der Waals surface area contributed by atoms with Gasteiger partial charge in [-0.25, -0.2) is 19.2 Å². The van der Waals surface area contributed by atoms with Crippen molar-refractivity contribution in [3.05, 3.63) is 168 Å². The number of hydrogen-bond acceptors (Lipinski definition) is 8. The lowest BCUT2D eigenvalue weighted by Crippen LogP contribution is -2.05. The normalized spacial score (nSPS) is 10.3. The molecule has 0 amide bonds. The van der Waals surface area contributed by atoms with Crippen LogP contribution in [0.2, 0.25) is 0 Å². The highest BCUT2D eigenvalue weighted by atomic mass is 16.5. The average molecular weight is 679 g/mol. The van der Waals surface area contributed by atoms with E-state index in [1.54, 1.807) is 86.7 Å². The second-order valence-electron chi connectivity index (χ2n) is 10.8. The third-order valence-corrected chi connectivity index (χ3v) is 6.37. The summed E-state index contributed by atoms with van der Waals surface area (Å²) < 4.78 is 20.7. The van der Waals surface area contributed by atoms with Crippen molar-refractivity contribution in [3.63, 3.8) is 0 Å². The SMILES string of the molecule is C=CC(=O)Oc1cc(C#Cc2ccc(/C=C/OC(=O)C(=C)C)cc2)c(/C=C/OC(=O)C(=C)C)cc1C#Cc1ccc(/C=C/OC(=O)C(=C)C)cc1. The molecule has 0 aromatic heterocycles. The molecule has 0 aliphatic carbocycles. The Hall–Kier alpha value is -7.16. The lowest BCUT2D eigenvalue weighted by molar-refractivity contribution is -0.134. The topological polar surface area (TPSA) is 105 Å². The number of ether oxygens (including phenoxy) is 4. The van der Waals surface area contributed by atoms with Crippen molar-refractivity contribution in [3.8, 4) is 29.4 Å². The second kappa shape index (κ2) is 19.0. The molecule has 3 rings (SSSR count). The summed E-state index contributed by atoms with van der Waals surface area (Å²) in [6.45, 7) is 18.8. The Balaban J connectivity index is 1.99. The lowest BCUT2D eigenvalue weighted by atomic mass is 10.0. The Kier molecular flexibility index (Phi) is 14.3. The van der Waals surface area contributed by atoms with E-state index in [0.717, 1.165) is 17.2 Å². The molecule has 51 heavy (non-hydrogen) atoms. The van der Waals surface area contributed by atoms with Crippen molar-refractivity contribution in [2.24, 2.45) is 0 Å². The van der Waals surface area contributed by atoms with Gasteiger partial charge in [-0.1, -0.05) is 74.3 Å². The van der Waals surface area contributed by atoms with Crippen LogP contribution in [0.15, 0.2) is 129 Å². The highest BCUT2D eigenvalue weighted by Gasteiger charge is 2.11. The summed E-state index contributed by atoms with van der Waals surface area (Å²) >= 11 is 0. The van der Waals surface area contributed by atoms with E-state index in [-0.39, 0.29) is 22.5 Å². The largest absolute Gasteiger partial charge is 0.431 e. The number of esters is 4. The van der Waals surface area contributed by atoms with Gasteiger partial charge >= 0.3 is 23.9 Å². The molecule has 0 spiro atoms. The zero-order valence-electron chi connectivity index (χ0n) is 28.4. The predicted molar refractivity (Wildman–Crippen MR) is 197 cm³/mol. The van der Waals surface area contributed by atoms with Gasteiger partial charge in [0.2, 0.25) is 0 Å². The monoisotopic (exact) mass is 678 g/mol. The van der Waals surface area contributed by atoms with E-state index < -0.39 is 23.9 Å². The van der Waals surface area contributed by atoms with Gasteiger partial charge in [0.1, 0.15) is 5.75 Å². The fourth-order valence-corrected chi connectivity index (χ4v) is 3.63. The number of carbonyl (C=O) groups is 4. The Bertz CT molecular complexity index is 2100. The predicted octanol–water partition coefficient (Wildman–Crippen LogP) is 7.85. The van der Waals surface area contributed by atoms with Crippen molar-refractivity contribution in [1.82, 2.24) is 0 Å². The molecule has 0 N–H and O–H groups in total. The van der Waals surface area contributed by atoms with Crippen molar-refractivity contribution in [2.75, 3.05) is 0 Å². The number of carbonyl (C=O) groups excluding carboxylic acids is 4. The third-order valence-electron chi connectivity index (χ3n) is 6.37. The molecule has 8 nitrogen and oxygen atoms in total. The van der Waals surface area contributed by atoms with Gasteiger partial charge < -0.3 is 18.9 Å². The Morgan fingerprint density at radius 3 is 1.39 bits per heavy atom. The number of benzene rings is 3. The van der Waals surface area contributed by atoms with E-state index in [4.69, 9.17) is 18.9 Å². The Labute approximate surface area is 297 Å². The zero-order chi connectivity index (χ0) is 37.3. The maximum atomic E-state index is 12.3. The molecule has 0 bridgehead atoms. The summed E-state index contributed by atoms with van der Waals surface area (Å²) in [5.41, 5.74) is 4.96. The van der Waals surface area contributed by atoms with Crippen LogP contribution >= 0.6 is 0 Å². The summed E-state index contributed by atoms with van der Waals surface area (Å²) in [7, 11) is 0. The van der Waals surface area contributed by atoms with Crippen LogP contribution in [-0.4, -0.2) is 23.9 Å². The van der Waals surface area contributed by atoms with Crippen LogP contribution < -0.4 is 4.74 Å². The van der Waals surface area contributed by atoms with E-state index in [9.17, 15) is 19.2 Å². The molecule has 0 saturated heterocycles. The molecule has 3 aromatic rings. The average Bonchev–Trinajstić information content (AvgIpc) is 3.11. The first-order chi connectivity index (χ1) is 24.4. The summed E-state index contributed by atoms with van der Waals surface area (Å²) in [4.78, 5) is 47.4. The van der Waals surface area contributed by atoms with Crippen LogP contribution in [-0.2, 0) is 33.4 Å². The van der Waals surface area contributed by atoms with Crippen molar-refractivity contribution in [1.29, 1.82) is 0 Å².